The molecular weight excluding hydrogens is 538 g/mol. The van der Waals surface area contributed by atoms with Crippen molar-refractivity contribution in [3.63, 3.8) is 0 Å². The highest BCUT2D eigenvalue weighted by molar-refractivity contribution is 7.80. The number of hydrogen-bond donors (Lipinski definition) is 4. The van der Waals surface area contributed by atoms with Crippen LogP contribution >= 0.6 is 23.6 Å². The van der Waals surface area contributed by atoms with Crippen LogP contribution in [0.5, 0.6) is 5.75 Å². The second-order valence-corrected chi connectivity index (χ2v) is 9.44. The van der Waals surface area contributed by atoms with E-state index in [0.29, 0.717) is 27.5 Å². The molecule has 1 unspecified atom stereocenters. The van der Waals surface area contributed by atoms with Gasteiger partial charge in [-0.1, -0.05) is 22.6 Å². The van der Waals surface area contributed by atoms with E-state index >= 15 is 0 Å². The molecule has 0 aliphatic carbocycles. The van der Waals surface area contributed by atoms with Crippen LogP contribution in [0.15, 0.2) is 40.9 Å². The molecule has 4 aromatic rings. The predicted molar refractivity (Wildman–Crippen MR) is 142 cm³/mol. The van der Waals surface area contributed by atoms with E-state index in [-0.39, 0.29) is 46.3 Å². The number of carbonyl (C=O) groups excluding carboxylic acids is 1. The number of aryl methyl sites for hydroxylation is 1. The summed E-state index contributed by atoms with van der Waals surface area (Å²) in [5, 5.41) is 21.9. The summed E-state index contributed by atoms with van der Waals surface area (Å²) in [4.78, 5) is 21.8. The number of halogens is 2. The number of aliphatic hydroxyl groups excluding tert-OH is 1. The minimum atomic E-state index is -0.972. The Hall–Kier alpha value is -4.01. The van der Waals surface area contributed by atoms with E-state index in [9.17, 15) is 13.6 Å². The van der Waals surface area contributed by atoms with E-state index in [0.717, 1.165) is 6.07 Å². The Morgan fingerprint density at radius 2 is 2.00 bits per heavy atom. The van der Waals surface area contributed by atoms with Crippen LogP contribution in [0, 0.1) is 18.6 Å². The topological polar surface area (TPSA) is 134 Å². The minimum Gasteiger partial charge on any atom is -0.497 e. The number of nitrogens with zero attached hydrogens (tertiary/aromatic N) is 3. The van der Waals surface area contributed by atoms with Crippen molar-refractivity contribution in [1.82, 2.24) is 20.4 Å². The summed E-state index contributed by atoms with van der Waals surface area (Å²) >= 11 is 6.37. The maximum absolute atomic E-state index is 14.7. The van der Waals surface area contributed by atoms with E-state index < -0.39 is 17.5 Å². The van der Waals surface area contributed by atoms with E-state index in [4.69, 9.17) is 26.6 Å². The molecule has 2 heterocycles. The number of anilines is 2. The standard InChI is InChI=1S/C24H22F2N6O4S2/c1-11(10-33)27-23(37)31-24-28-12(2)19(38-24)22-30-20(32-36-22)15-8-18(17(26)9-16(15)25)29-21(34)13-5-4-6-14(7-13)35-3/h4-9,11,33H,10H2,1-3H3,(H,29,34)(H2,27,28,31,37). The third-order valence-electron chi connectivity index (χ3n) is 5.17. The molecule has 0 fully saturated rings. The smallest absolute Gasteiger partial charge is 0.270 e. The Balaban J connectivity index is 1.56. The number of ether oxygens (including phenoxy) is 1. The van der Waals surface area contributed by atoms with Gasteiger partial charge in [0.1, 0.15) is 22.3 Å². The molecule has 0 saturated heterocycles. The molecule has 10 nitrogen and oxygen atoms in total. The summed E-state index contributed by atoms with van der Waals surface area (Å²) in [5.74, 6) is -2.16. The van der Waals surface area contributed by atoms with E-state index in [1.165, 1.54) is 30.6 Å². The van der Waals surface area contributed by atoms with Gasteiger partial charge in [0.2, 0.25) is 5.82 Å². The molecule has 1 amide bonds. The zero-order valence-corrected chi connectivity index (χ0v) is 22.0. The molecule has 4 rings (SSSR count). The van der Waals surface area contributed by atoms with Crippen LogP contribution in [0.1, 0.15) is 23.0 Å². The first kappa shape index (κ1) is 27.0. The number of methoxy groups -OCH3 is 1. The molecule has 0 aliphatic rings. The second-order valence-electron chi connectivity index (χ2n) is 8.04. The van der Waals surface area contributed by atoms with Crippen molar-refractivity contribution in [2.75, 3.05) is 24.4 Å². The first-order chi connectivity index (χ1) is 18.2. The average molecular weight is 561 g/mol. The van der Waals surface area contributed by atoms with Gasteiger partial charge in [-0.05, 0) is 50.3 Å². The van der Waals surface area contributed by atoms with Crippen LogP contribution in [0.2, 0.25) is 0 Å². The van der Waals surface area contributed by atoms with Gasteiger partial charge < -0.3 is 30.3 Å². The fourth-order valence-corrected chi connectivity index (χ4v) is 4.51. The van der Waals surface area contributed by atoms with Crippen molar-refractivity contribution in [3.8, 4) is 27.9 Å². The molecule has 0 bridgehead atoms. The van der Waals surface area contributed by atoms with Crippen molar-refractivity contribution in [2.24, 2.45) is 0 Å². The van der Waals surface area contributed by atoms with E-state index in [1.54, 1.807) is 26.0 Å². The molecule has 0 saturated carbocycles. The summed E-state index contributed by atoms with van der Waals surface area (Å²) in [6.45, 7) is 3.39. The molecule has 38 heavy (non-hydrogen) atoms. The molecule has 2 aromatic carbocycles. The van der Waals surface area contributed by atoms with Gasteiger partial charge in [0.25, 0.3) is 11.8 Å². The highest BCUT2D eigenvalue weighted by Gasteiger charge is 2.22. The molecule has 14 heteroatoms. The summed E-state index contributed by atoms with van der Waals surface area (Å²) < 4.78 is 39.6. The number of nitrogens with one attached hydrogen (secondary N) is 3. The molecule has 1 atom stereocenters. The van der Waals surface area contributed by atoms with Gasteiger partial charge in [-0.25, -0.2) is 13.8 Å². The highest BCUT2D eigenvalue weighted by Crippen LogP contribution is 2.34. The summed E-state index contributed by atoms with van der Waals surface area (Å²) in [7, 11) is 1.46. The van der Waals surface area contributed by atoms with Crippen molar-refractivity contribution in [3.05, 3.63) is 59.3 Å². The maximum Gasteiger partial charge on any atom is 0.270 e. The number of amides is 1. The Kier molecular flexibility index (Phi) is 8.24. The maximum atomic E-state index is 14.7. The SMILES string of the molecule is COc1cccc(C(=O)Nc2cc(-c3noc(-c4sc(NC(=S)NC(C)CO)nc4C)n3)c(F)cc2F)c1. The van der Waals surface area contributed by atoms with Crippen LogP contribution < -0.4 is 20.7 Å². The number of thiocarbonyl (C=S) groups is 1. The fourth-order valence-electron chi connectivity index (χ4n) is 3.25. The van der Waals surface area contributed by atoms with Crippen LogP contribution in [0.4, 0.5) is 19.6 Å². The van der Waals surface area contributed by atoms with Crippen molar-refractivity contribution >= 4 is 45.4 Å². The van der Waals surface area contributed by atoms with E-state index in [2.05, 4.69) is 31.1 Å². The quantitative estimate of drug-likeness (QED) is 0.230. The second kappa shape index (κ2) is 11.6. The van der Waals surface area contributed by atoms with Gasteiger partial charge in [-0.2, -0.15) is 4.98 Å². The zero-order chi connectivity index (χ0) is 27.4. The lowest BCUT2D eigenvalue weighted by Gasteiger charge is -2.12. The summed E-state index contributed by atoms with van der Waals surface area (Å²) in [6.07, 6.45) is 0. The first-order valence-electron chi connectivity index (χ1n) is 11.1. The molecule has 0 spiro atoms. The number of aromatic nitrogens is 3. The molecule has 0 aliphatic heterocycles. The van der Waals surface area contributed by atoms with Gasteiger partial charge in [0, 0.05) is 17.7 Å². The normalized spacial score (nSPS) is 11.6. The fraction of sp³-hybridized carbons (Fsp3) is 0.208. The molecule has 198 valence electrons. The van der Waals surface area contributed by atoms with Crippen molar-refractivity contribution < 1.29 is 27.9 Å². The van der Waals surface area contributed by atoms with Crippen LogP contribution in [-0.4, -0.2) is 51.0 Å². The Bertz CT molecular complexity index is 1490. The number of aliphatic hydroxyl groups is 1. The lowest BCUT2D eigenvalue weighted by molar-refractivity contribution is 0.102. The first-order valence-corrected chi connectivity index (χ1v) is 12.4. The number of carbonyl (C=O) groups is 1. The number of hydrogen-bond acceptors (Lipinski definition) is 9. The largest absolute Gasteiger partial charge is 0.497 e. The van der Waals surface area contributed by atoms with Crippen LogP contribution in [-0.2, 0) is 0 Å². The molecule has 2 aromatic heterocycles. The van der Waals surface area contributed by atoms with Gasteiger partial charge in [-0.3, -0.25) is 4.79 Å². The van der Waals surface area contributed by atoms with E-state index in [1.807, 2.05) is 0 Å². The third-order valence-corrected chi connectivity index (χ3v) is 6.45. The van der Waals surface area contributed by atoms with Gasteiger partial charge in [0.15, 0.2) is 10.2 Å². The molecule has 4 N–H and O–H groups in total. The molecule has 0 radical (unpaired) electrons. The number of rotatable bonds is 8. The van der Waals surface area contributed by atoms with Gasteiger partial charge in [0.05, 0.1) is 30.7 Å². The summed E-state index contributed by atoms with van der Waals surface area (Å²) in [5.41, 5.74) is 0.337. The molecular formula is C24H22F2N6O4S2. The zero-order valence-electron chi connectivity index (χ0n) is 20.3. The van der Waals surface area contributed by atoms with Crippen molar-refractivity contribution in [1.29, 1.82) is 0 Å². The minimum absolute atomic E-state index is 0.0661. The van der Waals surface area contributed by atoms with Gasteiger partial charge in [-0.15, -0.1) is 0 Å². The van der Waals surface area contributed by atoms with Gasteiger partial charge >= 0.3 is 0 Å². The van der Waals surface area contributed by atoms with Crippen molar-refractivity contribution in [2.45, 2.75) is 19.9 Å². The number of thiazole rings is 1. The van der Waals surface area contributed by atoms with Crippen LogP contribution in [0.25, 0.3) is 22.2 Å². The highest BCUT2D eigenvalue weighted by atomic mass is 32.1. The average Bonchev–Trinajstić information content (AvgIpc) is 3.51. The number of benzene rings is 2. The summed E-state index contributed by atoms with van der Waals surface area (Å²) in [6, 6.07) is 7.77. The predicted octanol–water partition coefficient (Wildman–Crippen LogP) is 4.37. The lowest BCUT2D eigenvalue weighted by atomic mass is 10.1. The Labute approximate surface area is 225 Å². The third kappa shape index (κ3) is 6.10. The lowest BCUT2D eigenvalue weighted by Crippen LogP contribution is -2.37. The Morgan fingerprint density at radius 1 is 1.21 bits per heavy atom. The monoisotopic (exact) mass is 560 g/mol. The Morgan fingerprint density at radius 3 is 2.74 bits per heavy atom. The van der Waals surface area contributed by atoms with Crippen LogP contribution in [0.3, 0.4) is 0 Å².